The normalized spacial score (nSPS) is 12.1. The van der Waals surface area contributed by atoms with Gasteiger partial charge in [-0.2, -0.15) is 5.10 Å². The molecule has 2 aromatic rings. The van der Waals surface area contributed by atoms with E-state index in [-0.39, 0.29) is 18.6 Å². The Morgan fingerprint density at radius 3 is 2.86 bits per heavy atom. The largest absolute Gasteiger partial charge is 0.367 e. The number of nitrogens with zero attached hydrogens (tertiary/aromatic N) is 3. The fourth-order valence-corrected chi connectivity index (χ4v) is 2.18. The van der Waals surface area contributed by atoms with Gasteiger partial charge in [0.25, 0.3) is 0 Å². The van der Waals surface area contributed by atoms with Crippen molar-refractivity contribution in [2.24, 2.45) is 0 Å². The summed E-state index contributed by atoms with van der Waals surface area (Å²) in [5.41, 5.74) is 1.05. The molecule has 0 aliphatic rings. The van der Waals surface area contributed by atoms with Crippen molar-refractivity contribution in [1.29, 1.82) is 0 Å². The van der Waals surface area contributed by atoms with Gasteiger partial charge in [-0.3, -0.25) is 4.79 Å². The second kappa shape index (κ2) is 8.29. The number of aromatic nitrogens is 3. The lowest BCUT2D eigenvalue weighted by atomic mass is 10.2. The van der Waals surface area contributed by atoms with E-state index in [0.29, 0.717) is 6.61 Å². The third-order valence-electron chi connectivity index (χ3n) is 3.19. The molecule has 1 N–H and O–H groups in total. The second-order valence-electron chi connectivity index (χ2n) is 5.11. The number of carbonyl (C=O) groups excluding carboxylic acids is 1. The SMILES string of the molecule is CCCn1ncnc1C(C)NC(=O)COCc1ccccc1. The summed E-state index contributed by atoms with van der Waals surface area (Å²) in [6, 6.07) is 9.58. The van der Waals surface area contributed by atoms with Gasteiger partial charge in [0.2, 0.25) is 5.91 Å². The van der Waals surface area contributed by atoms with Crippen LogP contribution in [0.4, 0.5) is 0 Å². The molecule has 0 spiro atoms. The Morgan fingerprint density at radius 2 is 2.14 bits per heavy atom. The number of rotatable bonds is 8. The summed E-state index contributed by atoms with van der Waals surface area (Å²) in [6.07, 6.45) is 2.48. The van der Waals surface area contributed by atoms with E-state index >= 15 is 0 Å². The molecule has 2 rings (SSSR count). The molecule has 6 heteroatoms. The van der Waals surface area contributed by atoms with Gasteiger partial charge in [-0.05, 0) is 18.9 Å². The van der Waals surface area contributed by atoms with Crippen LogP contribution in [0.1, 0.15) is 37.7 Å². The Balaban J connectivity index is 1.77. The molecule has 1 amide bonds. The van der Waals surface area contributed by atoms with Gasteiger partial charge in [-0.1, -0.05) is 37.3 Å². The third kappa shape index (κ3) is 4.66. The van der Waals surface area contributed by atoms with Crippen molar-refractivity contribution in [3.05, 3.63) is 48.0 Å². The molecular formula is C16H22N4O2. The zero-order valence-corrected chi connectivity index (χ0v) is 13.0. The van der Waals surface area contributed by atoms with Gasteiger partial charge in [0, 0.05) is 6.54 Å². The Hall–Kier alpha value is -2.21. The highest BCUT2D eigenvalue weighted by Crippen LogP contribution is 2.09. The number of ether oxygens (including phenoxy) is 1. The van der Waals surface area contributed by atoms with Gasteiger partial charge in [0.1, 0.15) is 18.8 Å². The van der Waals surface area contributed by atoms with Gasteiger partial charge in [0.15, 0.2) is 0 Å². The number of aryl methyl sites for hydroxylation is 1. The first-order valence-electron chi connectivity index (χ1n) is 7.49. The molecule has 1 aromatic heterocycles. The first-order chi connectivity index (χ1) is 10.7. The lowest BCUT2D eigenvalue weighted by Gasteiger charge is -2.14. The monoisotopic (exact) mass is 302 g/mol. The molecule has 1 unspecified atom stereocenters. The second-order valence-corrected chi connectivity index (χ2v) is 5.11. The molecule has 0 bridgehead atoms. The van der Waals surface area contributed by atoms with Gasteiger partial charge in [0.05, 0.1) is 12.6 Å². The highest BCUT2D eigenvalue weighted by Gasteiger charge is 2.15. The van der Waals surface area contributed by atoms with Crippen LogP contribution in [0.15, 0.2) is 36.7 Å². The molecule has 118 valence electrons. The lowest BCUT2D eigenvalue weighted by Crippen LogP contribution is -2.31. The van der Waals surface area contributed by atoms with E-state index in [1.54, 1.807) is 0 Å². The molecule has 0 radical (unpaired) electrons. The first kappa shape index (κ1) is 16.2. The van der Waals surface area contributed by atoms with Crippen molar-refractivity contribution in [2.45, 2.75) is 39.5 Å². The van der Waals surface area contributed by atoms with Gasteiger partial charge < -0.3 is 10.1 Å². The van der Waals surface area contributed by atoms with Crippen LogP contribution in [-0.4, -0.2) is 27.3 Å². The van der Waals surface area contributed by atoms with E-state index in [2.05, 4.69) is 22.3 Å². The molecule has 1 atom stereocenters. The Morgan fingerprint density at radius 1 is 1.36 bits per heavy atom. The van der Waals surface area contributed by atoms with Crippen LogP contribution in [0, 0.1) is 0 Å². The number of hydrogen-bond acceptors (Lipinski definition) is 4. The summed E-state index contributed by atoms with van der Waals surface area (Å²) in [7, 11) is 0. The predicted molar refractivity (Wildman–Crippen MR) is 83.0 cm³/mol. The van der Waals surface area contributed by atoms with Gasteiger partial charge >= 0.3 is 0 Å². The average Bonchev–Trinajstić information content (AvgIpc) is 2.97. The molecule has 0 fully saturated rings. The van der Waals surface area contributed by atoms with Crippen molar-refractivity contribution in [3.8, 4) is 0 Å². The smallest absolute Gasteiger partial charge is 0.246 e. The van der Waals surface area contributed by atoms with Crippen LogP contribution in [0.3, 0.4) is 0 Å². The number of nitrogens with one attached hydrogen (secondary N) is 1. The summed E-state index contributed by atoms with van der Waals surface area (Å²) < 4.78 is 7.24. The zero-order valence-electron chi connectivity index (χ0n) is 13.0. The van der Waals surface area contributed by atoms with Crippen LogP contribution in [0.25, 0.3) is 0 Å². The summed E-state index contributed by atoms with van der Waals surface area (Å²) in [5, 5.41) is 7.04. The molecule has 1 heterocycles. The standard InChI is InChI=1S/C16H22N4O2/c1-3-9-20-16(17-12-18-20)13(2)19-15(21)11-22-10-14-7-5-4-6-8-14/h4-8,12-13H,3,9-11H2,1-2H3,(H,19,21). The molecule has 0 saturated carbocycles. The lowest BCUT2D eigenvalue weighted by molar-refractivity contribution is -0.126. The Bertz CT molecular complexity index is 583. The number of benzene rings is 1. The van der Waals surface area contributed by atoms with E-state index in [0.717, 1.165) is 24.4 Å². The van der Waals surface area contributed by atoms with Crippen molar-refractivity contribution < 1.29 is 9.53 Å². The van der Waals surface area contributed by atoms with E-state index in [9.17, 15) is 4.79 Å². The fraction of sp³-hybridized carbons (Fsp3) is 0.438. The molecule has 0 aliphatic carbocycles. The molecule has 1 aromatic carbocycles. The minimum Gasteiger partial charge on any atom is -0.367 e. The quantitative estimate of drug-likeness (QED) is 0.810. The maximum atomic E-state index is 11.9. The molecule has 22 heavy (non-hydrogen) atoms. The van der Waals surface area contributed by atoms with Crippen LogP contribution in [0.2, 0.25) is 0 Å². The van der Waals surface area contributed by atoms with Crippen molar-refractivity contribution >= 4 is 5.91 Å². The number of carbonyl (C=O) groups is 1. The van der Waals surface area contributed by atoms with Crippen molar-refractivity contribution in [3.63, 3.8) is 0 Å². The zero-order chi connectivity index (χ0) is 15.8. The van der Waals surface area contributed by atoms with Crippen LogP contribution < -0.4 is 5.32 Å². The average molecular weight is 302 g/mol. The minimum atomic E-state index is -0.193. The number of amides is 1. The van der Waals surface area contributed by atoms with Crippen LogP contribution in [0.5, 0.6) is 0 Å². The summed E-state index contributed by atoms with van der Waals surface area (Å²) >= 11 is 0. The fourth-order valence-electron chi connectivity index (χ4n) is 2.18. The highest BCUT2D eigenvalue weighted by atomic mass is 16.5. The number of hydrogen-bond donors (Lipinski definition) is 1. The van der Waals surface area contributed by atoms with E-state index in [1.165, 1.54) is 6.33 Å². The van der Waals surface area contributed by atoms with E-state index < -0.39 is 0 Å². The molecule has 0 aliphatic heterocycles. The summed E-state index contributed by atoms with van der Waals surface area (Å²) in [4.78, 5) is 16.1. The highest BCUT2D eigenvalue weighted by molar-refractivity contribution is 5.77. The summed E-state index contributed by atoms with van der Waals surface area (Å²) in [5.74, 6) is 0.604. The Kier molecular flexibility index (Phi) is 6.09. The van der Waals surface area contributed by atoms with Crippen molar-refractivity contribution in [2.75, 3.05) is 6.61 Å². The topological polar surface area (TPSA) is 69.0 Å². The summed E-state index contributed by atoms with van der Waals surface area (Å²) in [6.45, 7) is 5.22. The minimum absolute atomic E-state index is 0.0289. The van der Waals surface area contributed by atoms with E-state index in [1.807, 2.05) is 41.9 Å². The van der Waals surface area contributed by atoms with Crippen LogP contribution in [-0.2, 0) is 22.7 Å². The molecule has 0 saturated heterocycles. The Labute approximate surface area is 130 Å². The van der Waals surface area contributed by atoms with E-state index in [4.69, 9.17) is 4.74 Å². The molecular weight excluding hydrogens is 280 g/mol. The maximum absolute atomic E-state index is 11.9. The van der Waals surface area contributed by atoms with Crippen molar-refractivity contribution in [1.82, 2.24) is 20.1 Å². The van der Waals surface area contributed by atoms with Gasteiger partial charge in [-0.15, -0.1) is 0 Å². The maximum Gasteiger partial charge on any atom is 0.246 e. The third-order valence-corrected chi connectivity index (χ3v) is 3.19. The van der Waals surface area contributed by atoms with Gasteiger partial charge in [-0.25, -0.2) is 9.67 Å². The molecule has 6 nitrogen and oxygen atoms in total. The van der Waals surface area contributed by atoms with Crippen LogP contribution >= 0.6 is 0 Å². The predicted octanol–water partition coefficient (Wildman–Crippen LogP) is 2.08. The first-order valence-corrected chi connectivity index (χ1v) is 7.49.